The molecule has 2 aromatic rings. The Balaban J connectivity index is 2.36. The van der Waals surface area contributed by atoms with Crippen molar-refractivity contribution in [2.75, 3.05) is 6.61 Å². The Labute approximate surface area is 118 Å². The fourth-order valence-electron chi connectivity index (χ4n) is 2.07. The quantitative estimate of drug-likeness (QED) is 0.629. The first-order chi connectivity index (χ1) is 9.30. The van der Waals surface area contributed by atoms with Crippen molar-refractivity contribution in [3.05, 3.63) is 51.7 Å². The van der Waals surface area contributed by atoms with Crippen LogP contribution in [0.1, 0.15) is 35.2 Å². The maximum Gasteiger partial charge on any atom is 0.124 e. The number of hydrazine groups is 1. The monoisotopic (exact) mass is 276 g/mol. The molecule has 1 atom stereocenters. The minimum atomic E-state index is -0.0203. The van der Waals surface area contributed by atoms with Crippen LogP contribution < -0.4 is 16.0 Å². The first-order valence-electron chi connectivity index (χ1n) is 6.56. The Morgan fingerprint density at radius 3 is 2.63 bits per heavy atom. The molecule has 0 aliphatic rings. The summed E-state index contributed by atoms with van der Waals surface area (Å²) in [4.78, 5) is 2.58. The van der Waals surface area contributed by atoms with Gasteiger partial charge in [-0.1, -0.05) is 25.1 Å². The lowest BCUT2D eigenvalue weighted by molar-refractivity contribution is 0.334. The highest BCUT2D eigenvalue weighted by atomic mass is 32.1. The Hall–Kier alpha value is -1.36. The van der Waals surface area contributed by atoms with Crippen LogP contribution in [0.15, 0.2) is 36.4 Å². The Kier molecular flexibility index (Phi) is 4.96. The van der Waals surface area contributed by atoms with Crippen LogP contribution in [0.3, 0.4) is 0 Å². The highest BCUT2D eigenvalue weighted by Gasteiger charge is 2.18. The average molecular weight is 276 g/mol. The van der Waals surface area contributed by atoms with Gasteiger partial charge in [-0.25, -0.2) is 5.43 Å². The summed E-state index contributed by atoms with van der Waals surface area (Å²) in [6.45, 7) is 4.80. The normalized spacial score (nSPS) is 12.4. The Morgan fingerprint density at radius 2 is 2.00 bits per heavy atom. The van der Waals surface area contributed by atoms with Gasteiger partial charge in [0.05, 0.1) is 12.6 Å². The number of hydrogen-bond donors (Lipinski definition) is 2. The maximum atomic E-state index is 5.75. The second-order valence-corrected chi connectivity index (χ2v) is 5.43. The fourth-order valence-corrected chi connectivity index (χ4v) is 3.10. The van der Waals surface area contributed by atoms with Crippen molar-refractivity contribution >= 4 is 11.3 Å². The molecule has 1 unspecified atom stereocenters. The second kappa shape index (κ2) is 6.70. The van der Waals surface area contributed by atoms with Crippen molar-refractivity contribution in [1.29, 1.82) is 0 Å². The molecule has 0 fully saturated rings. The molecule has 4 heteroatoms. The van der Waals surface area contributed by atoms with E-state index in [1.807, 2.05) is 25.1 Å². The minimum Gasteiger partial charge on any atom is -0.494 e. The van der Waals surface area contributed by atoms with Crippen molar-refractivity contribution in [3.63, 3.8) is 0 Å². The largest absolute Gasteiger partial charge is 0.494 e. The molecule has 102 valence electrons. The zero-order valence-corrected chi connectivity index (χ0v) is 12.2. The molecule has 0 saturated carbocycles. The van der Waals surface area contributed by atoms with Crippen molar-refractivity contribution in [2.24, 2.45) is 5.84 Å². The summed E-state index contributed by atoms with van der Waals surface area (Å²) < 4.78 is 5.68. The first-order valence-corrected chi connectivity index (χ1v) is 7.38. The summed E-state index contributed by atoms with van der Waals surface area (Å²) in [5, 5.41) is 0. The van der Waals surface area contributed by atoms with E-state index in [4.69, 9.17) is 10.6 Å². The lowest BCUT2D eigenvalue weighted by atomic mass is 10.0. The van der Waals surface area contributed by atoms with Gasteiger partial charge >= 0.3 is 0 Å². The second-order valence-electron chi connectivity index (χ2n) is 4.23. The van der Waals surface area contributed by atoms with Gasteiger partial charge in [0, 0.05) is 15.3 Å². The molecule has 19 heavy (non-hydrogen) atoms. The molecule has 0 saturated heterocycles. The molecular weight excluding hydrogens is 256 g/mol. The number of thiophene rings is 1. The SMILES string of the molecule is CCOc1ccccc1C(NN)c1ccc(CC)s1. The van der Waals surface area contributed by atoms with Gasteiger partial charge in [0.1, 0.15) is 5.75 Å². The van der Waals surface area contributed by atoms with E-state index in [1.165, 1.54) is 9.75 Å². The third kappa shape index (κ3) is 3.15. The van der Waals surface area contributed by atoms with Gasteiger partial charge in [-0.05, 0) is 31.5 Å². The lowest BCUT2D eigenvalue weighted by Crippen LogP contribution is -2.28. The highest BCUT2D eigenvalue weighted by molar-refractivity contribution is 7.12. The first kappa shape index (κ1) is 14.1. The van der Waals surface area contributed by atoms with E-state index in [2.05, 4.69) is 30.5 Å². The summed E-state index contributed by atoms with van der Waals surface area (Å²) >= 11 is 1.79. The number of benzene rings is 1. The minimum absolute atomic E-state index is 0.0203. The van der Waals surface area contributed by atoms with E-state index in [0.717, 1.165) is 17.7 Å². The number of nitrogens with one attached hydrogen (secondary N) is 1. The smallest absolute Gasteiger partial charge is 0.124 e. The zero-order chi connectivity index (χ0) is 13.7. The van der Waals surface area contributed by atoms with Crippen molar-refractivity contribution in [2.45, 2.75) is 26.3 Å². The predicted octanol–water partition coefficient (Wildman–Crippen LogP) is 3.26. The molecule has 3 nitrogen and oxygen atoms in total. The van der Waals surface area contributed by atoms with Crippen LogP contribution in [0.4, 0.5) is 0 Å². The van der Waals surface area contributed by atoms with Crippen LogP contribution in [-0.2, 0) is 6.42 Å². The van der Waals surface area contributed by atoms with Gasteiger partial charge in [0.25, 0.3) is 0 Å². The van der Waals surface area contributed by atoms with E-state index >= 15 is 0 Å². The van der Waals surface area contributed by atoms with Gasteiger partial charge in [0.15, 0.2) is 0 Å². The fraction of sp³-hybridized carbons (Fsp3) is 0.333. The number of aryl methyl sites for hydroxylation is 1. The van der Waals surface area contributed by atoms with Crippen LogP contribution in [0.5, 0.6) is 5.75 Å². The Bertz CT molecular complexity index is 524. The van der Waals surface area contributed by atoms with E-state index in [-0.39, 0.29) is 6.04 Å². The molecule has 1 heterocycles. The summed E-state index contributed by atoms with van der Waals surface area (Å²) in [7, 11) is 0. The van der Waals surface area contributed by atoms with Crippen LogP contribution in [-0.4, -0.2) is 6.61 Å². The summed E-state index contributed by atoms with van der Waals surface area (Å²) in [6, 6.07) is 12.3. The predicted molar refractivity (Wildman–Crippen MR) is 80.5 cm³/mol. The van der Waals surface area contributed by atoms with Crippen LogP contribution in [0.25, 0.3) is 0 Å². The van der Waals surface area contributed by atoms with E-state index < -0.39 is 0 Å². The van der Waals surface area contributed by atoms with Crippen LogP contribution in [0.2, 0.25) is 0 Å². The Morgan fingerprint density at radius 1 is 1.21 bits per heavy atom. The van der Waals surface area contributed by atoms with Crippen LogP contribution >= 0.6 is 11.3 Å². The lowest BCUT2D eigenvalue weighted by Gasteiger charge is -2.18. The number of rotatable bonds is 6. The van der Waals surface area contributed by atoms with Gasteiger partial charge in [-0.15, -0.1) is 11.3 Å². The number of nitrogens with two attached hydrogens (primary N) is 1. The molecule has 2 rings (SSSR count). The van der Waals surface area contributed by atoms with E-state index in [0.29, 0.717) is 6.61 Å². The highest BCUT2D eigenvalue weighted by Crippen LogP contribution is 2.33. The summed E-state index contributed by atoms with van der Waals surface area (Å²) in [5.74, 6) is 6.64. The van der Waals surface area contributed by atoms with Crippen LogP contribution in [0, 0.1) is 0 Å². The molecule has 0 aliphatic carbocycles. The van der Waals surface area contributed by atoms with Gasteiger partial charge in [0.2, 0.25) is 0 Å². The third-order valence-electron chi connectivity index (χ3n) is 3.01. The van der Waals surface area contributed by atoms with Gasteiger partial charge in [-0.3, -0.25) is 5.84 Å². The standard InChI is InChI=1S/C15H20N2OS/c1-3-11-9-10-14(19-11)15(17-16)12-7-5-6-8-13(12)18-4-2/h5-10,15,17H,3-4,16H2,1-2H3. The average Bonchev–Trinajstić information content (AvgIpc) is 2.91. The molecule has 0 amide bonds. The zero-order valence-electron chi connectivity index (χ0n) is 11.3. The van der Waals surface area contributed by atoms with E-state index in [1.54, 1.807) is 11.3 Å². The van der Waals surface area contributed by atoms with Crippen molar-refractivity contribution in [3.8, 4) is 5.75 Å². The summed E-state index contributed by atoms with van der Waals surface area (Å²) in [6.07, 6.45) is 1.05. The molecule has 3 N–H and O–H groups in total. The topological polar surface area (TPSA) is 47.3 Å². The van der Waals surface area contributed by atoms with Gasteiger partial charge < -0.3 is 4.74 Å². The molecule has 0 spiro atoms. The molecule has 1 aromatic carbocycles. The van der Waals surface area contributed by atoms with Crippen molar-refractivity contribution in [1.82, 2.24) is 5.43 Å². The summed E-state index contributed by atoms with van der Waals surface area (Å²) in [5.41, 5.74) is 3.98. The molecule has 0 bridgehead atoms. The third-order valence-corrected chi connectivity index (χ3v) is 4.31. The maximum absolute atomic E-state index is 5.75. The molecular formula is C15H20N2OS. The molecule has 1 aromatic heterocycles. The van der Waals surface area contributed by atoms with E-state index in [9.17, 15) is 0 Å². The number of hydrogen-bond acceptors (Lipinski definition) is 4. The number of para-hydroxylation sites is 1. The van der Waals surface area contributed by atoms with Crippen molar-refractivity contribution < 1.29 is 4.74 Å². The van der Waals surface area contributed by atoms with Gasteiger partial charge in [-0.2, -0.15) is 0 Å². The number of ether oxygens (including phenoxy) is 1. The molecule has 0 aliphatic heterocycles. The molecule has 0 radical (unpaired) electrons.